The van der Waals surface area contributed by atoms with Crippen LogP contribution < -0.4 is 0 Å². The van der Waals surface area contributed by atoms with Crippen LogP contribution in [0, 0.1) is 0 Å². The summed E-state index contributed by atoms with van der Waals surface area (Å²) in [7, 11) is 0. The molecule has 0 heterocycles. The van der Waals surface area contributed by atoms with Crippen LogP contribution in [0.1, 0.15) is 148 Å². The Morgan fingerprint density at radius 2 is 0.750 bits per heavy atom. The molecular weight excluding hydrogens is 440 g/mol. The average Bonchev–Trinajstić information content (AvgIpc) is 2.87. The van der Waals surface area contributed by atoms with E-state index in [-0.39, 0.29) is 0 Å². The standard InChI is InChI=1S/C34H58O2/c1-2-3-4-5-6-7-8-9-10-11-12-13-14-15-16-17-18-19-20-21-22-23-24-25-26-27-28-29-30-31-32-33-34(35)36/h6-7,9-10,12-13,15-16,18-19H,2-5,8,11,14,17,20-33H2,1H3,(H,35,36). The fourth-order valence-electron chi connectivity index (χ4n) is 4.14. The normalized spacial score (nSPS) is 12.5. The molecule has 0 saturated heterocycles. The summed E-state index contributed by atoms with van der Waals surface area (Å²) in [5.74, 6) is -0.659. The lowest BCUT2D eigenvalue weighted by Crippen LogP contribution is -1.93. The fraction of sp³-hybridized carbons (Fsp3) is 0.676. The lowest BCUT2D eigenvalue weighted by molar-refractivity contribution is -0.137. The molecule has 0 unspecified atom stereocenters. The van der Waals surface area contributed by atoms with Crippen LogP contribution in [-0.4, -0.2) is 11.1 Å². The molecule has 0 aromatic rings. The predicted octanol–water partition coefficient (Wildman–Crippen LogP) is 11.5. The molecule has 0 amide bonds. The van der Waals surface area contributed by atoms with Gasteiger partial charge in [-0.2, -0.15) is 0 Å². The lowest BCUT2D eigenvalue weighted by atomic mass is 10.0. The molecule has 0 fully saturated rings. The van der Waals surface area contributed by atoms with Gasteiger partial charge in [-0.05, 0) is 57.8 Å². The first kappa shape index (κ1) is 34.2. The van der Waals surface area contributed by atoms with Crippen LogP contribution in [0.2, 0.25) is 0 Å². The van der Waals surface area contributed by atoms with Gasteiger partial charge in [0.25, 0.3) is 0 Å². The number of hydrogen-bond acceptors (Lipinski definition) is 1. The van der Waals surface area contributed by atoms with Gasteiger partial charge >= 0.3 is 5.97 Å². The Bertz CT molecular complexity index is 594. The predicted molar refractivity (Wildman–Crippen MR) is 161 cm³/mol. The van der Waals surface area contributed by atoms with Gasteiger partial charge in [-0.15, -0.1) is 0 Å². The van der Waals surface area contributed by atoms with Crippen molar-refractivity contribution in [2.75, 3.05) is 0 Å². The molecule has 0 aromatic heterocycles. The maximum Gasteiger partial charge on any atom is 0.303 e. The first-order valence-corrected chi connectivity index (χ1v) is 15.2. The third-order valence-corrected chi connectivity index (χ3v) is 6.41. The number of unbranched alkanes of at least 4 members (excludes halogenated alkanes) is 15. The first-order chi connectivity index (χ1) is 17.8. The summed E-state index contributed by atoms with van der Waals surface area (Å²) in [5.41, 5.74) is 0. The average molecular weight is 499 g/mol. The van der Waals surface area contributed by atoms with Crippen LogP contribution in [0.3, 0.4) is 0 Å². The maximum absolute atomic E-state index is 10.5. The molecule has 0 bridgehead atoms. The fourth-order valence-corrected chi connectivity index (χ4v) is 4.14. The Morgan fingerprint density at radius 1 is 0.444 bits per heavy atom. The van der Waals surface area contributed by atoms with Crippen LogP contribution >= 0.6 is 0 Å². The monoisotopic (exact) mass is 498 g/mol. The Kier molecular flexibility index (Phi) is 29.6. The van der Waals surface area contributed by atoms with Gasteiger partial charge in [-0.25, -0.2) is 0 Å². The quantitative estimate of drug-likeness (QED) is 0.0903. The van der Waals surface area contributed by atoms with Crippen LogP contribution in [0.15, 0.2) is 60.8 Å². The van der Waals surface area contributed by atoms with Crippen molar-refractivity contribution in [3.8, 4) is 0 Å². The first-order valence-electron chi connectivity index (χ1n) is 15.2. The van der Waals surface area contributed by atoms with E-state index < -0.39 is 5.97 Å². The summed E-state index contributed by atoms with van der Waals surface area (Å²) in [4.78, 5) is 10.5. The van der Waals surface area contributed by atoms with Gasteiger partial charge in [0, 0.05) is 6.42 Å². The van der Waals surface area contributed by atoms with Crippen molar-refractivity contribution in [2.45, 2.75) is 148 Å². The van der Waals surface area contributed by atoms with E-state index >= 15 is 0 Å². The third-order valence-electron chi connectivity index (χ3n) is 6.41. The summed E-state index contributed by atoms with van der Waals surface area (Å²) in [6.45, 7) is 2.25. The molecule has 0 spiro atoms. The van der Waals surface area contributed by atoms with E-state index in [1.54, 1.807) is 0 Å². The van der Waals surface area contributed by atoms with Crippen LogP contribution in [0.4, 0.5) is 0 Å². The number of rotatable bonds is 27. The lowest BCUT2D eigenvalue weighted by Gasteiger charge is -2.02. The molecule has 36 heavy (non-hydrogen) atoms. The van der Waals surface area contributed by atoms with Gasteiger partial charge in [-0.1, -0.05) is 145 Å². The van der Waals surface area contributed by atoms with E-state index in [4.69, 9.17) is 5.11 Å². The highest BCUT2D eigenvalue weighted by Gasteiger charge is 1.97. The Hall–Kier alpha value is -1.83. The van der Waals surface area contributed by atoms with Gasteiger partial charge in [0.1, 0.15) is 0 Å². The zero-order valence-corrected chi connectivity index (χ0v) is 23.7. The molecule has 1 N–H and O–H groups in total. The SMILES string of the molecule is CCCCCC=CCC=CCC=CCC=CCC=CCCCCCCCCCCCCCCC(=O)O. The molecule has 0 aliphatic heterocycles. The van der Waals surface area contributed by atoms with Gasteiger partial charge in [0.15, 0.2) is 0 Å². The molecule has 2 heteroatoms. The van der Waals surface area contributed by atoms with E-state index in [2.05, 4.69) is 67.7 Å². The molecule has 0 rings (SSSR count). The summed E-state index contributed by atoms with van der Waals surface area (Å²) in [6, 6.07) is 0. The number of hydrogen-bond donors (Lipinski definition) is 1. The van der Waals surface area contributed by atoms with Crippen molar-refractivity contribution >= 4 is 5.97 Å². The largest absolute Gasteiger partial charge is 0.481 e. The number of allylic oxidation sites excluding steroid dienone is 10. The van der Waals surface area contributed by atoms with E-state index in [0.29, 0.717) is 6.42 Å². The highest BCUT2D eigenvalue weighted by Crippen LogP contribution is 2.13. The summed E-state index contributed by atoms with van der Waals surface area (Å²) in [5, 5.41) is 8.61. The Labute approximate surface area is 224 Å². The van der Waals surface area contributed by atoms with Gasteiger partial charge in [-0.3, -0.25) is 4.79 Å². The van der Waals surface area contributed by atoms with Gasteiger partial charge in [0.05, 0.1) is 0 Å². The van der Waals surface area contributed by atoms with E-state index in [0.717, 1.165) is 38.5 Å². The van der Waals surface area contributed by atoms with Crippen molar-refractivity contribution < 1.29 is 9.90 Å². The minimum absolute atomic E-state index is 0.335. The minimum atomic E-state index is -0.659. The molecule has 0 saturated carbocycles. The highest BCUT2D eigenvalue weighted by atomic mass is 16.4. The summed E-state index contributed by atoms with van der Waals surface area (Å²) >= 11 is 0. The van der Waals surface area contributed by atoms with Crippen molar-refractivity contribution in [1.29, 1.82) is 0 Å². The van der Waals surface area contributed by atoms with Gasteiger partial charge < -0.3 is 5.11 Å². The smallest absolute Gasteiger partial charge is 0.303 e. The number of carboxylic acids is 1. The second-order valence-corrected chi connectivity index (χ2v) is 9.97. The van der Waals surface area contributed by atoms with Crippen LogP contribution in [0.5, 0.6) is 0 Å². The summed E-state index contributed by atoms with van der Waals surface area (Å²) < 4.78 is 0. The van der Waals surface area contributed by atoms with Gasteiger partial charge in [0.2, 0.25) is 0 Å². The van der Waals surface area contributed by atoms with E-state index in [1.165, 1.54) is 96.3 Å². The Balaban J connectivity index is 3.31. The number of carboxylic acid groups (broad SMARTS) is 1. The molecule has 206 valence electrons. The third kappa shape index (κ3) is 32.2. The second-order valence-electron chi connectivity index (χ2n) is 9.97. The number of carbonyl (C=O) groups is 1. The van der Waals surface area contributed by atoms with Crippen molar-refractivity contribution in [2.24, 2.45) is 0 Å². The zero-order valence-electron chi connectivity index (χ0n) is 23.7. The molecule has 2 nitrogen and oxygen atoms in total. The van der Waals surface area contributed by atoms with Crippen molar-refractivity contribution in [3.05, 3.63) is 60.8 Å². The molecule has 0 aliphatic carbocycles. The minimum Gasteiger partial charge on any atom is -0.481 e. The molecule has 0 atom stereocenters. The summed E-state index contributed by atoms with van der Waals surface area (Å²) in [6.07, 6.45) is 49.0. The topological polar surface area (TPSA) is 37.3 Å². The van der Waals surface area contributed by atoms with E-state index in [9.17, 15) is 4.79 Å². The van der Waals surface area contributed by atoms with Crippen molar-refractivity contribution in [1.82, 2.24) is 0 Å². The number of aliphatic carboxylic acids is 1. The molecule has 0 aromatic carbocycles. The molecule has 0 radical (unpaired) electrons. The Morgan fingerprint density at radius 3 is 1.11 bits per heavy atom. The van der Waals surface area contributed by atoms with E-state index in [1.807, 2.05) is 0 Å². The zero-order chi connectivity index (χ0) is 26.2. The maximum atomic E-state index is 10.5. The highest BCUT2D eigenvalue weighted by molar-refractivity contribution is 5.66. The van der Waals surface area contributed by atoms with Crippen molar-refractivity contribution in [3.63, 3.8) is 0 Å². The molecule has 0 aliphatic rings. The van der Waals surface area contributed by atoms with Crippen LogP contribution in [-0.2, 0) is 4.79 Å². The van der Waals surface area contributed by atoms with Crippen LogP contribution in [0.25, 0.3) is 0 Å². The second kappa shape index (κ2) is 31.2. The molecular formula is C34H58O2.